The molecule has 2 atom stereocenters. The molecule has 0 bridgehead atoms. The maximum absolute atomic E-state index is 12.1. The number of fused-ring (bicyclic) bond motifs is 1. The maximum atomic E-state index is 12.1. The molecule has 16 heavy (non-hydrogen) atoms. The van der Waals surface area contributed by atoms with Gasteiger partial charge in [-0.05, 0) is 31.8 Å². The summed E-state index contributed by atoms with van der Waals surface area (Å²) < 4.78 is 0. The summed E-state index contributed by atoms with van der Waals surface area (Å²) in [7, 11) is 0. The summed E-state index contributed by atoms with van der Waals surface area (Å²) in [5.41, 5.74) is 5.35. The van der Waals surface area contributed by atoms with Gasteiger partial charge in [-0.25, -0.2) is 0 Å². The number of rotatable bonds is 1. The third-order valence-electron chi connectivity index (χ3n) is 3.29. The summed E-state index contributed by atoms with van der Waals surface area (Å²) in [4.78, 5) is 12.1. The molecule has 0 unspecified atom stereocenters. The molecule has 0 saturated heterocycles. The first-order chi connectivity index (χ1) is 7.39. The van der Waals surface area contributed by atoms with E-state index in [1.807, 2.05) is 19.9 Å². The van der Waals surface area contributed by atoms with E-state index >= 15 is 0 Å². The number of Topliss-reactive ketones (excluding diaryl/α,β-unsaturated/α-hetero) is 1. The van der Waals surface area contributed by atoms with E-state index in [4.69, 9.17) is 0 Å². The Hall–Kier alpha value is -1.12. The number of nitrogens with one attached hydrogen (secondary N) is 1. The third kappa shape index (κ3) is 2.04. The van der Waals surface area contributed by atoms with Crippen molar-refractivity contribution in [1.29, 1.82) is 0 Å². The Morgan fingerprint density at radius 1 is 1.50 bits per heavy atom. The van der Waals surface area contributed by atoms with Gasteiger partial charge in [0.2, 0.25) is 0 Å². The summed E-state index contributed by atoms with van der Waals surface area (Å²) in [6.07, 6.45) is 3.71. The number of hydrogen-bond donors (Lipinski definition) is 1. The van der Waals surface area contributed by atoms with Crippen LogP contribution < -0.4 is 5.43 Å². The molecule has 1 N–H and O–H groups in total. The monoisotopic (exact) mass is 220 g/mol. The number of hydrogen-bond acceptors (Lipinski definition) is 3. The predicted molar refractivity (Wildman–Crippen MR) is 65.3 cm³/mol. The molecule has 88 valence electrons. The van der Waals surface area contributed by atoms with Crippen LogP contribution in [0.1, 0.15) is 40.5 Å². The van der Waals surface area contributed by atoms with E-state index in [2.05, 4.69) is 24.4 Å². The van der Waals surface area contributed by atoms with E-state index < -0.39 is 0 Å². The van der Waals surface area contributed by atoms with Gasteiger partial charge in [-0.2, -0.15) is 5.10 Å². The lowest BCUT2D eigenvalue weighted by Crippen LogP contribution is -2.45. The van der Waals surface area contributed by atoms with Crippen LogP contribution in [0.5, 0.6) is 0 Å². The van der Waals surface area contributed by atoms with Crippen molar-refractivity contribution in [2.75, 3.05) is 0 Å². The summed E-state index contributed by atoms with van der Waals surface area (Å²) in [5, 5.41) is 4.31. The van der Waals surface area contributed by atoms with Crippen LogP contribution in [0.25, 0.3) is 0 Å². The Morgan fingerprint density at radius 2 is 2.19 bits per heavy atom. The number of carbonyl (C=O) groups excluding carboxylic acids is 1. The average Bonchev–Trinajstić information content (AvgIpc) is 2.44. The van der Waals surface area contributed by atoms with Crippen LogP contribution in [0.4, 0.5) is 0 Å². The van der Waals surface area contributed by atoms with E-state index in [0.717, 1.165) is 12.1 Å². The van der Waals surface area contributed by atoms with Crippen molar-refractivity contribution in [3.63, 3.8) is 0 Å². The zero-order valence-corrected chi connectivity index (χ0v) is 10.5. The molecular formula is C13H20N2O. The van der Waals surface area contributed by atoms with Crippen LogP contribution in [0.15, 0.2) is 16.8 Å². The Bertz CT molecular complexity index is 375. The van der Waals surface area contributed by atoms with Crippen LogP contribution in [0.3, 0.4) is 0 Å². The summed E-state index contributed by atoms with van der Waals surface area (Å²) in [6, 6.07) is 0.210. The molecule has 0 aromatic rings. The van der Waals surface area contributed by atoms with Crippen LogP contribution in [-0.4, -0.2) is 17.5 Å². The fraction of sp³-hybridized carbons (Fsp3) is 0.692. The van der Waals surface area contributed by atoms with Crippen LogP contribution in [-0.2, 0) is 4.79 Å². The third-order valence-corrected chi connectivity index (χ3v) is 3.29. The lowest BCUT2D eigenvalue weighted by Gasteiger charge is -2.35. The van der Waals surface area contributed by atoms with Gasteiger partial charge < -0.3 is 5.43 Å². The van der Waals surface area contributed by atoms with E-state index in [0.29, 0.717) is 12.2 Å². The van der Waals surface area contributed by atoms with Crippen molar-refractivity contribution < 1.29 is 4.79 Å². The highest BCUT2D eigenvalue weighted by Crippen LogP contribution is 2.38. The molecule has 0 spiro atoms. The second kappa shape index (κ2) is 3.72. The van der Waals surface area contributed by atoms with Gasteiger partial charge in [-0.1, -0.05) is 19.4 Å². The minimum Gasteiger partial charge on any atom is -0.306 e. The normalized spacial score (nSPS) is 31.5. The largest absolute Gasteiger partial charge is 0.306 e. The highest BCUT2D eigenvalue weighted by molar-refractivity contribution is 6.12. The minimum atomic E-state index is -0.0112. The lowest BCUT2D eigenvalue weighted by molar-refractivity contribution is -0.126. The highest BCUT2D eigenvalue weighted by atomic mass is 16.1. The van der Waals surface area contributed by atoms with Gasteiger partial charge in [-0.15, -0.1) is 0 Å². The van der Waals surface area contributed by atoms with Crippen molar-refractivity contribution in [2.24, 2.45) is 16.4 Å². The van der Waals surface area contributed by atoms with Crippen molar-refractivity contribution in [3.8, 4) is 0 Å². The maximum Gasteiger partial charge on any atom is 0.144 e. The SMILES string of the molecule is CC(C)=CC1=NN[C@@H]2CC(C)(C)CC(=O)[C@@H]12. The van der Waals surface area contributed by atoms with E-state index in [9.17, 15) is 4.79 Å². The van der Waals surface area contributed by atoms with Crippen molar-refractivity contribution >= 4 is 11.5 Å². The van der Waals surface area contributed by atoms with E-state index in [1.54, 1.807) is 0 Å². The number of ketones is 1. The van der Waals surface area contributed by atoms with Gasteiger partial charge >= 0.3 is 0 Å². The van der Waals surface area contributed by atoms with E-state index in [-0.39, 0.29) is 17.4 Å². The fourth-order valence-corrected chi connectivity index (χ4v) is 2.73. The second-order valence-corrected chi connectivity index (χ2v) is 5.98. The molecule has 3 nitrogen and oxygen atoms in total. The quantitative estimate of drug-likeness (QED) is 0.736. The molecule has 0 aromatic carbocycles. The molecule has 0 amide bonds. The van der Waals surface area contributed by atoms with Gasteiger partial charge in [0.05, 0.1) is 17.7 Å². The van der Waals surface area contributed by atoms with Gasteiger partial charge in [0.25, 0.3) is 0 Å². The summed E-state index contributed by atoms with van der Waals surface area (Å²) >= 11 is 0. The first kappa shape index (κ1) is 11.4. The Labute approximate surface area is 97.0 Å². The topological polar surface area (TPSA) is 41.5 Å². The smallest absolute Gasteiger partial charge is 0.144 e. The molecule has 3 heteroatoms. The molecule has 1 fully saturated rings. The first-order valence-corrected chi connectivity index (χ1v) is 5.90. The number of nitrogens with zero attached hydrogens (tertiary/aromatic N) is 1. The van der Waals surface area contributed by atoms with Crippen molar-refractivity contribution in [3.05, 3.63) is 11.6 Å². The van der Waals surface area contributed by atoms with Crippen LogP contribution >= 0.6 is 0 Å². The number of carbonyl (C=O) groups is 1. The molecule has 0 aromatic heterocycles. The van der Waals surface area contributed by atoms with Crippen LogP contribution in [0.2, 0.25) is 0 Å². The molecule has 1 saturated carbocycles. The van der Waals surface area contributed by atoms with Gasteiger partial charge in [0.15, 0.2) is 0 Å². The van der Waals surface area contributed by atoms with Crippen LogP contribution in [0, 0.1) is 11.3 Å². The average molecular weight is 220 g/mol. The summed E-state index contributed by atoms with van der Waals surface area (Å²) in [6.45, 7) is 8.38. The lowest BCUT2D eigenvalue weighted by atomic mass is 9.69. The molecule has 1 aliphatic heterocycles. The molecule has 2 rings (SSSR count). The molecule has 1 aliphatic carbocycles. The zero-order valence-electron chi connectivity index (χ0n) is 10.5. The predicted octanol–water partition coefficient (Wildman–Crippen LogP) is 2.29. The molecule has 0 radical (unpaired) electrons. The molecule has 2 aliphatic rings. The minimum absolute atomic E-state index is 0.0112. The Morgan fingerprint density at radius 3 is 2.81 bits per heavy atom. The van der Waals surface area contributed by atoms with Gasteiger partial charge in [0.1, 0.15) is 5.78 Å². The Kier molecular flexibility index (Phi) is 2.64. The molecular weight excluding hydrogens is 200 g/mol. The standard InChI is InChI=1S/C13H20N2O/c1-8(2)5-9-12-10(15-14-9)6-13(3,4)7-11(12)16/h5,10,12,15H,6-7H2,1-4H3/t10-,12+/m1/s1. The van der Waals surface area contributed by atoms with Crippen molar-refractivity contribution in [2.45, 2.75) is 46.6 Å². The summed E-state index contributed by atoms with van der Waals surface area (Å²) in [5.74, 6) is 0.324. The number of allylic oxidation sites excluding steroid dienone is 2. The fourth-order valence-electron chi connectivity index (χ4n) is 2.73. The molecule has 1 heterocycles. The Balaban J connectivity index is 2.22. The van der Waals surface area contributed by atoms with Gasteiger partial charge in [0, 0.05) is 6.42 Å². The second-order valence-electron chi connectivity index (χ2n) is 5.98. The van der Waals surface area contributed by atoms with E-state index in [1.165, 1.54) is 5.57 Å². The van der Waals surface area contributed by atoms with Crippen molar-refractivity contribution in [1.82, 2.24) is 5.43 Å². The zero-order chi connectivity index (χ0) is 11.9. The number of hydrazone groups is 1. The highest BCUT2D eigenvalue weighted by Gasteiger charge is 2.45. The first-order valence-electron chi connectivity index (χ1n) is 5.90. The van der Waals surface area contributed by atoms with Gasteiger partial charge in [-0.3, -0.25) is 4.79 Å².